The molecule has 1 aliphatic rings. The lowest BCUT2D eigenvalue weighted by Crippen LogP contribution is -2.36. The second kappa shape index (κ2) is 8.56. The molecule has 0 saturated heterocycles. The summed E-state index contributed by atoms with van der Waals surface area (Å²) in [6, 6.07) is 11.3. The fourth-order valence-corrected chi connectivity index (χ4v) is 4.24. The number of hydrogen-bond donors (Lipinski definition) is 2. The summed E-state index contributed by atoms with van der Waals surface area (Å²) in [7, 11) is 1.69. The van der Waals surface area contributed by atoms with Gasteiger partial charge in [0.15, 0.2) is 11.5 Å². The highest BCUT2D eigenvalue weighted by Crippen LogP contribution is 2.34. The van der Waals surface area contributed by atoms with Gasteiger partial charge in [-0.15, -0.1) is 0 Å². The molecular formula is C23H24N6O2. The number of carbonyl (C=O) groups is 2. The van der Waals surface area contributed by atoms with Gasteiger partial charge in [-0.05, 0) is 31.4 Å². The molecule has 0 radical (unpaired) electrons. The van der Waals surface area contributed by atoms with Crippen LogP contribution in [0.25, 0.3) is 11.3 Å². The van der Waals surface area contributed by atoms with Crippen LogP contribution in [-0.2, 0) is 11.8 Å². The van der Waals surface area contributed by atoms with Gasteiger partial charge in [0.05, 0.1) is 17.1 Å². The van der Waals surface area contributed by atoms with Gasteiger partial charge in [0.25, 0.3) is 0 Å². The molecule has 1 saturated carbocycles. The number of anilines is 1. The summed E-state index contributed by atoms with van der Waals surface area (Å²) in [5.41, 5.74) is 3.90. The Hall–Kier alpha value is -3.73. The molecule has 0 bridgehead atoms. The molecule has 3 aromatic rings. The predicted octanol–water partition coefficient (Wildman–Crippen LogP) is 3.62. The van der Waals surface area contributed by atoms with Gasteiger partial charge in [-0.2, -0.15) is 15.5 Å². The summed E-state index contributed by atoms with van der Waals surface area (Å²) in [4.78, 5) is 26.3. The van der Waals surface area contributed by atoms with E-state index in [1.54, 1.807) is 13.2 Å². The van der Waals surface area contributed by atoms with Gasteiger partial charge in [0.1, 0.15) is 6.07 Å². The third kappa shape index (κ3) is 4.26. The highest BCUT2D eigenvalue weighted by molar-refractivity contribution is 6.03. The Balaban J connectivity index is 1.52. The minimum atomic E-state index is -0.428. The van der Waals surface area contributed by atoms with Crippen molar-refractivity contribution in [3.05, 3.63) is 53.5 Å². The normalized spacial score (nSPS) is 18.4. The van der Waals surface area contributed by atoms with E-state index in [2.05, 4.69) is 20.6 Å². The van der Waals surface area contributed by atoms with Gasteiger partial charge in [0.2, 0.25) is 5.91 Å². The predicted molar refractivity (Wildman–Crippen MR) is 115 cm³/mol. The van der Waals surface area contributed by atoms with Crippen LogP contribution in [0.5, 0.6) is 0 Å². The number of ketones is 1. The van der Waals surface area contributed by atoms with E-state index in [9.17, 15) is 14.9 Å². The molecule has 2 aromatic heterocycles. The molecule has 2 N–H and O–H groups in total. The molecule has 4 rings (SSSR count). The van der Waals surface area contributed by atoms with Crippen LogP contribution in [0, 0.1) is 30.1 Å². The zero-order chi connectivity index (χ0) is 22.0. The minimum Gasteiger partial charge on any atom is -0.322 e. The molecule has 158 valence electrons. The van der Waals surface area contributed by atoms with Crippen molar-refractivity contribution in [3.8, 4) is 17.3 Å². The van der Waals surface area contributed by atoms with E-state index < -0.39 is 5.92 Å². The first-order valence-electron chi connectivity index (χ1n) is 10.4. The molecular weight excluding hydrogens is 392 g/mol. The highest BCUT2D eigenvalue weighted by atomic mass is 16.2. The maximum absolute atomic E-state index is 13.3. The van der Waals surface area contributed by atoms with Crippen LogP contribution in [0.2, 0.25) is 0 Å². The number of nitrogens with one attached hydrogen (secondary N) is 2. The van der Waals surface area contributed by atoms with E-state index in [1.165, 1.54) is 4.68 Å². The molecule has 0 aliphatic heterocycles. The van der Waals surface area contributed by atoms with Crippen LogP contribution in [0.15, 0.2) is 36.5 Å². The molecule has 2 atom stereocenters. The fourth-order valence-electron chi connectivity index (χ4n) is 4.24. The van der Waals surface area contributed by atoms with Crippen LogP contribution < -0.4 is 5.32 Å². The Kier molecular flexibility index (Phi) is 5.67. The minimum absolute atomic E-state index is 0.0149. The summed E-state index contributed by atoms with van der Waals surface area (Å²) < 4.78 is 1.49. The number of H-pyrrole nitrogens is 1. The quantitative estimate of drug-likeness (QED) is 0.616. The molecule has 8 nitrogen and oxygen atoms in total. The Labute approximate surface area is 180 Å². The first-order chi connectivity index (χ1) is 15.0. The highest BCUT2D eigenvalue weighted by Gasteiger charge is 2.36. The molecule has 1 aliphatic carbocycles. The summed E-state index contributed by atoms with van der Waals surface area (Å²) in [6.07, 6.45) is 4.75. The average molecular weight is 416 g/mol. The first-order valence-corrected chi connectivity index (χ1v) is 10.4. The molecule has 31 heavy (non-hydrogen) atoms. The summed E-state index contributed by atoms with van der Waals surface area (Å²) in [5, 5.41) is 23.2. The van der Waals surface area contributed by atoms with Crippen molar-refractivity contribution in [1.82, 2.24) is 20.0 Å². The van der Waals surface area contributed by atoms with Gasteiger partial charge in [-0.3, -0.25) is 19.4 Å². The number of nitrogens with zero attached hydrogens (tertiary/aromatic N) is 4. The number of amides is 1. The summed E-state index contributed by atoms with van der Waals surface area (Å²) in [5.74, 6) is -1.05. The average Bonchev–Trinajstić information content (AvgIpc) is 3.38. The van der Waals surface area contributed by atoms with Crippen LogP contribution >= 0.6 is 0 Å². The lowest BCUT2D eigenvalue weighted by molar-refractivity contribution is -0.122. The second-order valence-electron chi connectivity index (χ2n) is 8.03. The van der Waals surface area contributed by atoms with E-state index >= 15 is 0 Å². The third-order valence-electron chi connectivity index (χ3n) is 5.82. The molecule has 8 heteroatoms. The zero-order valence-electron chi connectivity index (χ0n) is 17.6. The van der Waals surface area contributed by atoms with Gasteiger partial charge in [-0.1, -0.05) is 37.1 Å². The maximum Gasteiger partial charge on any atom is 0.228 e. The Bertz CT molecular complexity index is 1150. The first kappa shape index (κ1) is 20.5. The number of carbonyl (C=O) groups excluding carboxylic acids is 2. The van der Waals surface area contributed by atoms with Crippen LogP contribution in [-0.4, -0.2) is 31.7 Å². The molecule has 2 heterocycles. The summed E-state index contributed by atoms with van der Waals surface area (Å²) >= 11 is 0. The number of aromatic nitrogens is 4. The van der Waals surface area contributed by atoms with Crippen molar-refractivity contribution in [3.63, 3.8) is 0 Å². The van der Waals surface area contributed by atoms with Gasteiger partial charge in [-0.25, -0.2) is 0 Å². The van der Waals surface area contributed by atoms with Crippen molar-refractivity contribution in [2.45, 2.75) is 32.6 Å². The lowest BCUT2D eigenvalue weighted by Gasteiger charge is -2.29. The van der Waals surface area contributed by atoms with Crippen LogP contribution in [0.1, 0.15) is 47.4 Å². The third-order valence-corrected chi connectivity index (χ3v) is 5.82. The van der Waals surface area contributed by atoms with Crippen molar-refractivity contribution >= 4 is 17.4 Å². The Morgan fingerprint density at radius 3 is 2.55 bits per heavy atom. The second-order valence-corrected chi connectivity index (χ2v) is 8.03. The van der Waals surface area contributed by atoms with Crippen molar-refractivity contribution in [1.29, 1.82) is 5.26 Å². The van der Waals surface area contributed by atoms with Crippen molar-refractivity contribution in [2.24, 2.45) is 18.9 Å². The molecule has 0 unspecified atom stereocenters. The smallest absolute Gasteiger partial charge is 0.228 e. The Morgan fingerprint density at radius 1 is 1.19 bits per heavy atom. The number of benzene rings is 1. The lowest BCUT2D eigenvalue weighted by atomic mass is 9.75. The number of rotatable bonds is 5. The fraction of sp³-hybridized carbons (Fsp3) is 0.348. The van der Waals surface area contributed by atoms with Gasteiger partial charge < -0.3 is 5.32 Å². The van der Waals surface area contributed by atoms with Crippen LogP contribution in [0.3, 0.4) is 0 Å². The molecule has 1 amide bonds. The number of aryl methyl sites for hydroxylation is 2. The number of nitriles is 1. The Morgan fingerprint density at radius 2 is 1.90 bits per heavy atom. The SMILES string of the molecule is Cc1cc(-c2ccc(C(=O)[C@@H]3CCCC[C@H]3C(=O)Nc3cn(C)nc3C#N)cc2)[nH]n1. The van der Waals surface area contributed by atoms with Gasteiger partial charge >= 0.3 is 0 Å². The molecule has 1 fully saturated rings. The van der Waals surface area contributed by atoms with E-state index in [-0.39, 0.29) is 23.3 Å². The molecule has 0 spiro atoms. The zero-order valence-corrected chi connectivity index (χ0v) is 17.6. The van der Waals surface area contributed by atoms with Crippen LogP contribution in [0.4, 0.5) is 5.69 Å². The topological polar surface area (TPSA) is 116 Å². The number of aromatic amines is 1. The standard InChI is InChI=1S/C23H24N6O2/c1-14-11-19(27-26-14)15-7-9-16(10-8-15)22(30)17-5-3-4-6-18(17)23(31)25-21-13-29(2)28-20(21)12-24/h7-11,13,17-18H,3-6H2,1-2H3,(H,25,31)(H,26,27)/t17-,18-/m1/s1. The van der Waals surface area contributed by atoms with E-state index in [0.29, 0.717) is 24.1 Å². The summed E-state index contributed by atoms with van der Waals surface area (Å²) in [6.45, 7) is 1.91. The molecule has 1 aromatic carbocycles. The monoisotopic (exact) mass is 416 g/mol. The van der Waals surface area contributed by atoms with Crippen molar-refractivity contribution in [2.75, 3.05) is 5.32 Å². The largest absolute Gasteiger partial charge is 0.322 e. The van der Waals surface area contributed by atoms with Crippen molar-refractivity contribution < 1.29 is 9.59 Å². The number of hydrogen-bond acceptors (Lipinski definition) is 5. The van der Waals surface area contributed by atoms with E-state index in [1.807, 2.05) is 43.3 Å². The maximum atomic E-state index is 13.3. The van der Waals surface area contributed by atoms with E-state index in [4.69, 9.17) is 0 Å². The van der Waals surface area contributed by atoms with Gasteiger partial charge in [0, 0.05) is 30.6 Å². The number of Topliss-reactive ketones (excluding diaryl/α,β-unsaturated/α-hetero) is 1. The van der Waals surface area contributed by atoms with E-state index in [0.717, 1.165) is 29.8 Å².